The van der Waals surface area contributed by atoms with Crippen molar-refractivity contribution in [2.75, 3.05) is 25.0 Å². The highest BCUT2D eigenvalue weighted by molar-refractivity contribution is 5.74. The summed E-state index contributed by atoms with van der Waals surface area (Å²) in [4.78, 5) is 24.6. The Bertz CT molecular complexity index is 589. The van der Waals surface area contributed by atoms with Crippen LogP contribution in [0.15, 0.2) is 24.3 Å². The van der Waals surface area contributed by atoms with Gasteiger partial charge in [0.15, 0.2) is 0 Å². The van der Waals surface area contributed by atoms with E-state index in [1.807, 2.05) is 11.9 Å². The summed E-state index contributed by atoms with van der Waals surface area (Å²) in [5.74, 6) is -1.29. The Hall–Kier alpha value is -2.31. The van der Waals surface area contributed by atoms with Gasteiger partial charge >= 0.3 is 12.0 Å². The van der Waals surface area contributed by atoms with Gasteiger partial charge in [0, 0.05) is 26.2 Å². The van der Waals surface area contributed by atoms with Crippen LogP contribution in [0.4, 0.5) is 14.9 Å². The Morgan fingerprint density at radius 1 is 1.24 bits per heavy atom. The maximum atomic E-state index is 13.7. The molecule has 0 unspecified atom stereocenters. The number of urea groups is 1. The second kappa shape index (κ2) is 9.25. The lowest BCUT2D eigenvalue weighted by molar-refractivity contribution is -0.142. The molecule has 138 valence electrons. The predicted octanol–water partition coefficient (Wildman–Crippen LogP) is 2.59. The fraction of sp³-hybridized carbons (Fsp3) is 0.556. The molecular weight excluding hydrogens is 325 g/mol. The number of amides is 2. The molecule has 7 heteroatoms. The van der Waals surface area contributed by atoms with E-state index in [1.165, 1.54) is 6.07 Å². The van der Waals surface area contributed by atoms with E-state index < -0.39 is 5.97 Å². The highest BCUT2D eigenvalue weighted by Gasteiger charge is 2.26. The van der Waals surface area contributed by atoms with Gasteiger partial charge in [-0.3, -0.25) is 4.79 Å². The zero-order valence-electron chi connectivity index (χ0n) is 14.5. The van der Waals surface area contributed by atoms with E-state index in [1.54, 1.807) is 18.2 Å². The Morgan fingerprint density at radius 2 is 1.92 bits per heavy atom. The van der Waals surface area contributed by atoms with Crippen LogP contribution in [0.1, 0.15) is 32.1 Å². The van der Waals surface area contributed by atoms with Gasteiger partial charge in [-0.2, -0.15) is 0 Å². The molecule has 1 fully saturated rings. The van der Waals surface area contributed by atoms with Crippen LogP contribution < -0.4 is 15.5 Å². The summed E-state index contributed by atoms with van der Waals surface area (Å²) in [7, 11) is 1.82. The molecule has 0 aliphatic heterocycles. The molecule has 0 spiro atoms. The normalized spacial score (nSPS) is 19.9. The van der Waals surface area contributed by atoms with Gasteiger partial charge in [0.25, 0.3) is 0 Å². The molecule has 1 aromatic rings. The lowest BCUT2D eigenvalue weighted by atomic mass is 9.86. The van der Waals surface area contributed by atoms with Crippen LogP contribution in [-0.2, 0) is 4.79 Å². The van der Waals surface area contributed by atoms with E-state index in [2.05, 4.69) is 10.6 Å². The molecule has 2 rings (SSSR count). The number of carbonyl (C=O) groups is 2. The zero-order chi connectivity index (χ0) is 18.2. The van der Waals surface area contributed by atoms with Gasteiger partial charge < -0.3 is 20.6 Å². The van der Waals surface area contributed by atoms with Crippen LogP contribution in [0.25, 0.3) is 0 Å². The topological polar surface area (TPSA) is 81.7 Å². The fourth-order valence-corrected chi connectivity index (χ4v) is 3.12. The first-order valence-electron chi connectivity index (χ1n) is 8.70. The highest BCUT2D eigenvalue weighted by Crippen LogP contribution is 2.24. The SMILES string of the molecule is CN(CCCNC(=O)NC1CCC(C(=O)O)CC1)c1ccccc1F. The van der Waals surface area contributed by atoms with Gasteiger partial charge in [-0.25, -0.2) is 9.18 Å². The third kappa shape index (κ3) is 5.92. The van der Waals surface area contributed by atoms with Gasteiger partial charge in [0.1, 0.15) is 5.82 Å². The Labute approximate surface area is 147 Å². The molecule has 0 atom stereocenters. The number of halogens is 1. The standard InChI is InChI=1S/C18H26FN3O3/c1-22(16-6-3-2-5-15(16)19)12-4-11-20-18(25)21-14-9-7-13(8-10-14)17(23)24/h2-3,5-6,13-14H,4,7-12H2,1H3,(H,23,24)(H2,20,21,25). The van der Waals surface area contributed by atoms with Crippen molar-refractivity contribution in [3.05, 3.63) is 30.1 Å². The van der Waals surface area contributed by atoms with E-state index in [0.29, 0.717) is 50.9 Å². The highest BCUT2D eigenvalue weighted by atomic mass is 19.1. The molecule has 3 N–H and O–H groups in total. The van der Waals surface area contributed by atoms with Crippen molar-refractivity contribution in [1.29, 1.82) is 0 Å². The maximum absolute atomic E-state index is 13.7. The molecule has 0 saturated heterocycles. The van der Waals surface area contributed by atoms with E-state index in [-0.39, 0.29) is 23.8 Å². The summed E-state index contributed by atoms with van der Waals surface area (Å²) in [5.41, 5.74) is 0.544. The van der Waals surface area contributed by atoms with Crippen LogP contribution >= 0.6 is 0 Å². The number of para-hydroxylation sites is 1. The molecule has 0 bridgehead atoms. The van der Waals surface area contributed by atoms with Gasteiger partial charge in [0.05, 0.1) is 11.6 Å². The number of benzene rings is 1. The molecule has 1 saturated carbocycles. The van der Waals surface area contributed by atoms with E-state index in [4.69, 9.17) is 5.11 Å². The quantitative estimate of drug-likeness (QED) is 0.660. The van der Waals surface area contributed by atoms with Crippen LogP contribution in [0.5, 0.6) is 0 Å². The lowest BCUT2D eigenvalue weighted by Crippen LogP contribution is -2.44. The molecule has 6 nitrogen and oxygen atoms in total. The summed E-state index contributed by atoms with van der Waals surface area (Å²) < 4.78 is 13.7. The number of aliphatic carboxylic acids is 1. The summed E-state index contributed by atoms with van der Waals surface area (Å²) in [6.07, 6.45) is 3.30. The number of hydrogen-bond donors (Lipinski definition) is 3. The van der Waals surface area contributed by atoms with Crippen molar-refractivity contribution >= 4 is 17.7 Å². The van der Waals surface area contributed by atoms with Gasteiger partial charge in [-0.15, -0.1) is 0 Å². The summed E-state index contributed by atoms with van der Waals surface area (Å²) >= 11 is 0. The molecule has 0 aromatic heterocycles. The Morgan fingerprint density at radius 3 is 2.56 bits per heavy atom. The number of nitrogens with one attached hydrogen (secondary N) is 2. The number of carbonyl (C=O) groups excluding carboxylic acids is 1. The van der Waals surface area contributed by atoms with Crippen molar-refractivity contribution in [1.82, 2.24) is 10.6 Å². The summed E-state index contributed by atoms with van der Waals surface area (Å²) in [6, 6.07) is 6.41. The van der Waals surface area contributed by atoms with Gasteiger partial charge in [-0.05, 0) is 44.2 Å². The molecule has 0 radical (unpaired) electrons. The minimum Gasteiger partial charge on any atom is -0.481 e. The number of carboxylic acid groups (broad SMARTS) is 1. The maximum Gasteiger partial charge on any atom is 0.315 e. The van der Waals surface area contributed by atoms with Crippen molar-refractivity contribution < 1.29 is 19.1 Å². The third-order valence-corrected chi connectivity index (χ3v) is 4.63. The number of anilines is 1. The van der Waals surface area contributed by atoms with Crippen molar-refractivity contribution in [3.63, 3.8) is 0 Å². The largest absolute Gasteiger partial charge is 0.481 e. The van der Waals surface area contributed by atoms with Crippen LogP contribution in [0.3, 0.4) is 0 Å². The predicted molar refractivity (Wildman–Crippen MR) is 94.2 cm³/mol. The van der Waals surface area contributed by atoms with E-state index in [9.17, 15) is 14.0 Å². The van der Waals surface area contributed by atoms with Crippen molar-refractivity contribution in [2.24, 2.45) is 5.92 Å². The first-order chi connectivity index (χ1) is 12.0. The number of hydrogen-bond acceptors (Lipinski definition) is 3. The van der Waals surface area contributed by atoms with Crippen LogP contribution in [0.2, 0.25) is 0 Å². The summed E-state index contributed by atoms with van der Waals surface area (Å²) in [5, 5.41) is 14.7. The molecule has 25 heavy (non-hydrogen) atoms. The Kier molecular flexibility index (Phi) is 7.03. The molecule has 0 heterocycles. The first-order valence-corrected chi connectivity index (χ1v) is 8.70. The first kappa shape index (κ1) is 19.0. The zero-order valence-corrected chi connectivity index (χ0v) is 14.5. The molecule has 1 aromatic carbocycles. The minimum atomic E-state index is -0.748. The molecular formula is C18H26FN3O3. The molecule has 1 aliphatic rings. The van der Waals surface area contributed by atoms with Crippen LogP contribution in [0, 0.1) is 11.7 Å². The Balaban J connectivity index is 1.61. The lowest BCUT2D eigenvalue weighted by Gasteiger charge is -2.27. The van der Waals surface area contributed by atoms with Gasteiger partial charge in [0.2, 0.25) is 0 Å². The van der Waals surface area contributed by atoms with Gasteiger partial charge in [-0.1, -0.05) is 12.1 Å². The van der Waals surface area contributed by atoms with E-state index >= 15 is 0 Å². The monoisotopic (exact) mass is 351 g/mol. The molecule has 2 amide bonds. The minimum absolute atomic E-state index is 0.0386. The third-order valence-electron chi connectivity index (χ3n) is 4.63. The smallest absolute Gasteiger partial charge is 0.315 e. The average Bonchev–Trinajstić information content (AvgIpc) is 2.59. The fourth-order valence-electron chi connectivity index (χ4n) is 3.12. The van der Waals surface area contributed by atoms with Crippen molar-refractivity contribution in [2.45, 2.75) is 38.1 Å². The molecule has 1 aliphatic carbocycles. The van der Waals surface area contributed by atoms with E-state index in [0.717, 1.165) is 0 Å². The average molecular weight is 351 g/mol. The summed E-state index contributed by atoms with van der Waals surface area (Å²) in [6.45, 7) is 1.13. The van der Waals surface area contributed by atoms with Crippen LogP contribution in [-0.4, -0.2) is 43.3 Å². The second-order valence-corrected chi connectivity index (χ2v) is 6.51. The van der Waals surface area contributed by atoms with Crippen molar-refractivity contribution in [3.8, 4) is 0 Å². The second-order valence-electron chi connectivity index (χ2n) is 6.51. The number of nitrogens with zero attached hydrogens (tertiary/aromatic N) is 1. The number of rotatable bonds is 7. The number of carboxylic acids is 1.